The van der Waals surface area contributed by atoms with E-state index in [1.165, 1.54) is 0 Å². The Morgan fingerprint density at radius 2 is 1.90 bits per heavy atom. The Bertz CT molecular complexity index is 1260. The third-order valence-electron chi connectivity index (χ3n) is 7.22. The number of hydrogen-bond acceptors (Lipinski definition) is 5. The molecule has 6 heteroatoms. The number of ketones is 1. The Kier molecular flexibility index (Phi) is 3.72. The minimum Gasteiger partial charge on any atom is -0.444 e. The van der Waals surface area contributed by atoms with Crippen molar-refractivity contribution in [3.05, 3.63) is 57.2 Å². The van der Waals surface area contributed by atoms with Gasteiger partial charge in [0.05, 0.1) is 16.8 Å². The van der Waals surface area contributed by atoms with E-state index in [0.717, 1.165) is 28.0 Å². The maximum atomic E-state index is 14.5. The molecule has 0 fully saturated rings. The van der Waals surface area contributed by atoms with Crippen molar-refractivity contribution in [3.63, 3.8) is 0 Å². The summed E-state index contributed by atoms with van der Waals surface area (Å²) in [5.74, 6) is -0.0945. The number of allylic oxidation sites excluding steroid dienone is 2. The molecule has 158 valence electrons. The number of ether oxygens (including phenoxy) is 1. The molecular formula is C25H25N3O3. The maximum absolute atomic E-state index is 14.5. The van der Waals surface area contributed by atoms with Crippen molar-refractivity contribution in [1.82, 2.24) is 0 Å². The molecule has 1 aliphatic carbocycles. The van der Waals surface area contributed by atoms with E-state index in [0.29, 0.717) is 36.2 Å². The molecule has 1 atom stereocenters. The average molecular weight is 415 g/mol. The summed E-state index contributed by atoms with van der Waals surface area (Å²) in [6.45, 7) is 9.95. The predicted octanol–water partition coefficient (Wildman–Crippen LogP) is 3.81. The molecular weight excluding hydrogens is 390 g/mol. The van der Waals surface area contributed by atoms with Crippen molar-refractivity contribution >= 4 is 23.0 Å². The number of nitrogens with two attached hydrogens (primary N) is 1. The molecule has 1 spiro atoms. The molecule has 1 aromatic rings. The molecule has 31 heavy (non-hydrogen) atoms. The van der Waals surface area contributed by atoms with Gasteiger partial charge >= 0.3 is 0 Å². The van der Waals surface area contributed by atoms with E-state index in [4.69, 9.17) is 10.5 Å². The molecule has 3 heterocycles. The van der Waals surface area contributed by atoms with Crippen molar-refractivity contribution in [2.45, 2.75) is 64.8 Å². The van der Waals surface area contributed by atoms with Crippen molar-refractivity contribution in [2.24, 2.45) is 5.73 Å². The van der Waals surface area contributed by atoms with E-state index in [-0.39, 0.29) is 23.1 Å². The average Bonchev–Trinajstić information content (AvgIpc) is 2.94. The lowest BCUT2D eigenvalue weighted by molar-refractivity contribution is -0.125. The highest BCUT2D eigenvalue weighted by Crippen LogP contribution is 2.61. The smallest absolute Gasteiger partial charge is 0.248 e. The number of carbonyl (C=O) groups excluding carboxylic acids is 2. The topological polar surface area (TPSA) is 96.4 Å². The first-order chi connectivity index (χ1) is 14.6. The zero-order valence-electron chi connectivity index (χ0n) is 18.5. The number of aryl methyl sites for hydroxylation is 1. The maximum Gasteiger partial charge on any atom is 0.248 e. The molecule has 1 aromatic carbocycles. The number of hydrogen-bond donors (Lipinski definition) is 1. The van der Waals surface area contributed by atoms with Gasteiger partial charge < -0.3 is 15.4 Å². The largest absolute Gasteiger partial charge is 0.444 e. The highest BCUT2D eigenvalue weighted by Gasteiger charge is 2.65. The Hall–Kier alpha value is -3.33. The quantitative estimate of drug-likeness (QED) is 0.695. The van der Waals surface area contributed by atoms with Gasteiger partial charge in [-0.15, -0.1) is 0 Å². The fourth-order valence-electron chi connectivity index (χ4n) is 5.92. The highest BCUT2D eigenvalue weighted by molar-refractivity contribution is 6.22. The van der Waals surface area contributed by atoms with Crippen LogP contribution in [0.1, 0.15) is 62.3 Å². The summed E-state index contributed by atoms with van der Waals surface area (Å²) < 4.78 is 5.78. The number of amides is 1. The normalized spacial score (nSPS) is 25.9. The number of fused-ring (bicyclic) bond motifs is 2. The van der Waals surface area contributed by atoms with Crippen LogP contribution >= 0.6 is 0 Å². The number of rotatable bonds is 0. The van der Waals surface area contributed by atoms with E-state index in [9.17, 15) is 14.9 Å². The van der Waals surface area contributed by atoms with E-state index < -0.39 is 11.0 Å². The molecule has 0 saturated heterocycles. The van der Waals surface area contributed by atoms with Crippen LogP contribution in [0.15, 0.2) is 34.9 Å². The second-order valence-corrected chi connectivity index (χ2v) is 9.49. The molecule has 2 N–H and O–H groups in total. The van der Waals surface area contributed by atoms with Crippen molar-refractivity contribution in [2.75, 3.05) is 4.90 Å². The number of anilines is 1. The summed E-state index contributed by atoms with van der Waals surface area (Å²) in [6, 6.07) is 4.25. The Morgan fingerprint density at radius 3 is 2.58 bits per heavy atom. The molecule has 5 rings (SSSR count). The lowest BCUT2D eigenvalue weighted by atomic mass is 9.63. The van der Waals surface area contributed by atoms with Crippen LogP contribution in [0.25, 0.3) is 5.57 Å². The monoisotopic (exact) mass is 415 g/mol. The Morgan fingerprint density at radius 1 is 1.19 bits per heavy atom. The zero-order chi connectivity index (χ0) is 22.5. The van der Waals surface area contributed by atoms with Crippen LogP contribution in [0, 0.1) is 25.2 Å². The van der Waals surface area contributed by atoms with Crippen LogP contribution in [0.3, 0.4) is 0 Å². The fourth-order valence-corrected chi connectivity index (χ4v) is 5.92. The molecule has 0 saturated carbocycles. The molecule has 1 amide bonds. The second kappa shape index (κ2) is 5.88. The van der Waals surface area contributed by atoms with E-state index in [2.05, 4.69) is 18.2 Å². The van der Waals surface area contributed by atoms with Crippen LogP contribution in [0.4, 0.5) is 5.69 Å². The first-order valence-corrected chi connectivity index (χ1v) is 10.6. The van der Waals surface area contributed by atoms with E-state index in [1.807, 2.05) is 34.6 Å². The van der Waals surface area contributed by atoms with Crippen LogP contribution in [0.5, 0.6) is 0 Å². The zero-order valence-corrected chi connectivity index (χ0v) is 18.5. The van der Waals surface area contributed by atoms with Crippen molar-refractivity contribution < 1.29 is 14.3 Å². The SMILES string of the molecule is CC1=CC(C)(C)N2C(=O)[C@@]3(C(C#N)=C(N)OC4=C3C(=O)CCC4)c3c(C)c(C)cc1c32. The lowest BCUT2D eigenvalue weighted by Gasteiger charge is -2.41. The summed E-state index contributed by atoms with van der Waals surface area (Å²) in [7, 11) is 0. The molecule has 3 aliphatic heterocycles. The summed E-state index contributed by atoms with van der Waals surface area (Å²) in [5.41, 5.74) is 9.79. The van der Waals surface area contributed by atoms with Gasteiger partial charge in [-0.3, -0.25) is 9.59 Å². The van der Waals surface area contributed by atoms with Gasteiger partial charge in [0.25, 0.3) is 0 Å². The molecule has 0 unspecified atom stereocenters. The molecule has 0 aromatic heterocycles. The molecule has 4 aliphatic rings. The van der Waals surface area contributed by atoms with E-state index >= 15 is 0 Å². The van der Waals surface area contributed by atoms with Gasteiger partial charge in [-0.2, -0.15) is 5.26 Å². The van der Waals surface area contributed by atoms with Gasteiger partial charge in [0.15, 0.2) is 5.78 Å². The lowest BCUT2D eigenvalue weighted by Crippen LogP contribution is -2.54. The van der Waals surface area contributed by atoms with Gasteiger partial charge in [0.1, 0.15) is 22.8 Å². The van der Waals surface area contributed by atoms with Crippen LogP contribution < -0.4 is 10.6 Å². The van der Waals surface area contributed by atoms with Crippen molar-refractivity contribution in [1.29, 1.82) is 5.26 Å². The summed E-state index contributed by atoms with van der Waals surface area (Å²) >= 11 is 0. The van der Waals surface area contributed by atoms with Crippen molar-refractivity contribution in [3.8, 4) is 6.07 Å². The fraction of sp³-hybridized carbons (Fsp3) is 0.400. The second-order valence-electron chi connectivity index (χ2n) is 9.49. The first kappa shape index (κ1) is 19.6. The van der Waals surface area contributed by atoms with Gasteiger partial charge in [0.2, 0.25) is 11.8 Å². The summed E-state index contributed by atoms with van der Waals surface area (Å²) in [6.07, 6.45) is 3.55. The summed E-state index contributed by atoms with van der Waals surface area (Å²) in [4.78, 5) is 29.6. The van der Waals surface area contributed by atoms with E-state index in [1.54, 1.807) is 4.90 Å². The Labute approximate surface area is 181 Å². The Balaban J connectivity index is 2.02. The number of benzene rings is 1. The highest BCUT2D eigenvalue weighted by atomic mass is 16.5. The number of Topliss-reactive ketones (excluding diaryl/α,β-unsaturated/α-hetero) is 1. The standard InChI is InChI=1S/C25H25N3O3/c1-12-9-15-13(2)10-24(4,5)28-21(15)19(14(12)3)25(23(28)30)16(11-26)22(27)31-18-8-6-7-17(29)20(18)25/h9-10H,6-8,27H2,1-5H3/t25-/m0/s1. The first-order valence-electron chi connectivity index (χ1n) is 10.6. The minimum absolute atomic E-state index is 0.0188. The van der Waals surface area contributed by atoms with Gasteiger partial charge in [-0.05, 0) is 63.8 Å². The number of nitrogens with zero attached hydrogens (tertiary/aromatic N) is 2. The van der Waals surface area contributed by atoms with Gasteiger partial charge in [-0.25, -0.2) is 0 Å². The molecule has 0 radical (unpaired) electrons. The predicted molar refractivity (Wildman–Crippen MR) is 117 cm³/mol. The molecule has 0 bridgehead atoms. The van der Waals surface area contributed by atoms with Gasteiger partial charge in [0, 0.05) is 24.0 Å². The van der Waals surface area contributed by atoms with Gasteiger partial charge in [-0.1, -0.05) is 6.08 Å². The third-order valence-corrected chi connectivity index (χ3v) is 7.22. The molecule has 6 nitrogen and oxygen atoms in total. The minimum atomic E-state index is -1.56. The van der Waals surface area contributed by atoms with Crippen LogP contribution in [-0.2, 0) is 19.7 Å². The number of nitriles is 1. The third kappa shape index (κ3) is 2.11. The number of carbonyl (C=O) groups is 2. The van der Waals surface area contributed by atoms with Crippen LogP contribution in [-0.4, -0.2) is 17.2 Å². The van der Waals surface area contributed by atoms with Crippen LogP contribution in [0.2, 0.25) is 0 Å². The summed E-state index contributed by atoms with van der Waals surface area (Å²) in [5, 5.41) is 10.2.